The minimum absolute atomic E-state index is 0.0810. The van der Waals surface area contributed by atoms with Crippen molar-refractivity contribution in [2.75, 3.05) is 32.7 Å². The zero-order valence-electron chi connectivity index (χ0n) is 11.6. The highest BCUT2D eigenvalue weighted by atomic mass is 19.4. The van der Waals surface area contributed by atoms with Gasteiger partial charge in [-0.2, -0.15) is 13.2 Å². The molecule has 1 aromatic carbocycles. The summed E-state index contributed by atoms with van der Waals surface area (Å²) in [7, 11) is 0. The van der Waals surface area contributed by atoms with Crippen LogP contribution in [0.5, 0.6) is 0 Å². The van der Waals surface area contributed by atoms with Gasteiger partial charge in [-0.25, -0.2) is 0 Å². The summed E-state index contributed by atoms with van der Waals surface area (Å²) in [5.41, 5.74) is -0.602. The van der Waals surface area contributed by atoms with Crippen LogP contribution in [0.25, 0.3) is 0 Å². The predicted octanol–water partition coefficient (Wildman–Crippen LogP) is 1.55. The maximum Gasteiger partial charge on any atom is 0.416 e. The molecule has 1 aliphatic heterocycles. The van der Waals surface area contributed by atoms with Crippen LogP contribution in [0.4, 0.5) is 13.2 Å². The molecule has 5 nitrogen and oxygen atoms in total. The topological polar surface area (TPSA) is 60.9 Å². The van der Waals surface area contributed by atoms with Gasteiger partial charge in [0.15, 0.2) is 0 Å². The number of rotatable bonds is 3. The molecule has 1 saturated heterocycles. The molecule has 0 aromatic heterocycles. The number of hydrogen-bond donors (Lipinski definition) is 1. The van der Waals surface area contributed by atoms with Gasteiger partial charge < -0.3 is 10.0 Å². The lowest BCUT2D eigenvalue weighted by molar-refractivity contribution is -0.139. The van der Waals surface area contributed by atoms with Crippen LogP contribution in [0.2, 0.25) is 0 Å². The zero-order chi connectivity index (χ0) is 16.3. The minimum Gasteiger partial charge on any atom is -0.480 e. The summed E-state index contributed by atoms with van der Waals surface area (Å²) in [6.07, 6.45) is -4.43. The van der Waals surface area contributed by atoms with Gasteiger partial charge in [0.05, 0.1) is 12.1 Å². The first kappa shape index (κ1) is 16.3. The molecule has 1 fully saturated rings. The van der Waals surface area contributed by atoms with E-state index in [1.54, 1.807) is 4.90 Å². The number of carbonyl (C=O) groups is 2. The van der Waals surface area contributed by atoms with Gasteiger partial charge in [0.2, 0.25) is 0 Å². The van der Waals surface area contributed by atoms with Gasteiger partial charge in [0.25, 0.3) is 5.91 Å². The first-order valence-corrected chi connectivity index (χ1v) is 6.68. The third-order valence-electron chi connectivity index (χ3n) is 3.48. The van der Waals surface area contributed by atoms with E-state index < -0.39 is 17.7 Å². The van der Waals surface area contributed by atoms with Crippen LogP contribution in [0.3, 0.4) is 0 Å². The Morgan fingerprint density at radius 3 is 2.05 bits per heavy atom. The van der Waals surface area contributed by atoms with E-state index in [4.69, 9.17) is 5.11 Å². The Morgan fingerprint density at radius 2 is 1.59 bits per heavy atom. The second-order valence-corrected chi connectivity index (χ2v) is 5.04. The lowest BCUT2D eigenvalue weighted by Gasteiger charge is -2.33. The first-order chi connectivity index (χ1) is 10.3. The van der Waals surface area contributed by atoms with E-state index in [9.17, 15) is 22.8 Å². The summed E-state index contributed by atoms with van der Waals surface area (Å²) >= 11 is 0. The fraction of sp³-hybridized carbons (Fsp3) is 0.429. The number of hydrogen-bond acceptors (Lipinski definition) is 3. The molecule has 8 heteroatoms. The number of nitrogens with zero attached hydrogens (tertiary/aromatic N) is 2. The van der Waals surface area contributed by atoms with Crippen molar-refractivity contribution in [2.24, 2.45) is 0 Å². The molecule has 0 bridgehead atoms. The number of aliphatic carboxylic acids is 1. The molecular weight excluding hydrogens is 301 g/mol. The second kappa shape index (κ2) is 6.35. The Kier molecular flexibility index (Phi) is 4.70. The molecule has 1 amide bonds. The van der Waals surface area contributed by atoms with Gasteiger partial charge in [-0.1, -0.05) is 0 Å². The maximum absolute atomic E-state index is 12.5. The van der Waals surface area contributed by atoms with Crippen molar-refractivity contribution in [2.45, 2.75) is 6.18 Å². The quantitative estimate of drug-likeness (QED) is 0.919. The number of amides is 1. The number of halogens is 3. The van der Waals surface area contributed by atoms with Gasteiger partial charge in [0.1, 0.15) is 0 Å². The van der Waals surface area contributed by atoms with Gasteiger partial charge in [-0.15, -0.1) is 0 Å². The van der Waals surface area contributed by atoms with Gasteiger partial charge >= 0.3 is 12.1 Å². The van der Waals surface area contributed by atoms with E-state index in [-0.39, 0.29) is 18.0 Å². The van der Waals surface area contributed by atoms with Crippen LogP contribution in [0.15, 0.2) is 24.3 Å². The fourth-order valence-corrected chi connectivity index (χ4v) is 2.28. The third kappa shape index (κ3) is 3.97. The SMILES string of the molecule is O=C(O)CN1CCN(C(=O)c2ccc(C(F)(F)F)cc2)CC1. The van der Waals surface area contributed by atoms with Crippen molar-refractivity contribution in [1.82, 2.24) is 9.80 Å². The Balaban J connectivity index is 1.97. The Morgan fingerprint density at radius 1 is 1.05 bits per heavy atom. The van der Waals surface area contributed by atoms with E-state index in [2.05, 4.69) is 0 Å². The van der Waals surface area contributed by atoms with Crippen molar-refractivity contribution in [3.05, 3.63) is 35.4 Å². The van der Waals surface area contributed by atoms with Crippen molar-refractivity contribution < 1.29 is 27.9 Å². The van der Waals surface area contributed by atoms with Crippen LogP contribution >= 0.6 is 0 Å². The second-order valence-electron chi connectivity index (χ2n) is 5.04. The van der Waals surface area contributed by atoms with Crippen LogP contribution in [-0.4, -0.2) is 59.5 Å². The third-order valence-corrected chi connectivity index (χ3v) is 3.48. The van der Waals surface area contributed by atoms with Gasteiger partial charge in [-0.05, 0) is 24.3 Å². The molecular formula is C14H15F3N2O3. The molecule has 22 heavy (non-hydrogen) atoms. The number of carbonyl (C=O) groups excluding carboxylic acids is 1. The molecule has 1 N–H and O–H groups in total. The van der Waals surface area contributed by atoms with E-state index >= 15 is 0 Å². The van der Waals surface area contributed by atoms with Gasteiger partial charge in [0, 0.05) is 31.7 Å². The van der Waals surface area contributed by atoms with Gasteiger partial charge in [-0.3, -0.25) is 14.5 Å². The summed E-state index contributed by atoms with van der Waals surface area (Å²) in [5, 5.41) is 8.70. The number of carboxylic acid groups (broad SMARTS) is 1. The molecule has 0 radical (unpaired) electrons. The van der Waals surface area contributed by atoms with Crippen LogP contribution in [0, 0.1) is 0 Å². The summed E-state index contributed by atoms with van der Waals surface area (Å²) < 4.78 is 37.4. The highest BCUT2D eigenvalue weighted by molar-refractivity contribution is 5.94. The molecule has 0 saturated carbocycles. The largest absolute Gasteiger partial charge is 0.480 e. The Bertz CT molecular complexity index is 549. The van der Waals surface area contributed by atoms with E-state index in [1.807, 2.05) is 0 Å². The normalized spacial score (nSPS) is 16.6. The fourth-order valence-electron chi connectivity index (χ4n) is 2.28. The average Bonchev–Trinajstić information content (AvgIpc) is 2.46. The molecule has 1 aliphatic rings. The summed E-state index contributed by atoms with van der Waals surface area (Å²) in [6, 6.07) is 4.09. The summed E-state index contributed by atoms with van der Waals surface area (Å²) in [5.74, 6) is -1.27. The molecule has 0 aliphatic carbocycles. The lowest BCUT2D eigenvalue weighted by Crippen LogP contribution is -2.49. The Labute approximate surface area is 124 Å². The predicted molar refractivity (Wildman–Crippen MR) is 71.4 cm³/mol. The lowest BCUT2D eigenvalue weighted by atomic mass is 10.1. The zero-order valence-corrected chi connectivity index (χ0v) is 11.6. The number of piperazine rings is 1. The maximum atomic E-state index is 12.5. The van der Waals surface area contributed by atoms with Crippen LogP contribution in [-0.2, 0) is 11.0 Å². The van der Waals surface area contributed by atoms with Crippen molar-refractivity contribution >= 4 is 11.9 Å². The van der Waals surface area contributed by atoms with Crippen molar-refractivity contribution in [1.29, 1.82) is 0 Å². The smallest absolute Gasteiger partial charge is 0.416 e. The van der Waals surface area contributed by atoms with Crippen molar-refractivity contribution in [3.8, 4) is 0 Å². The van der Waals surface area contributed by atoms with E-state index in [1.165, 1.54) is 4.90 Å². The number of alkyl halides is 3. The molecule has 1 aromatic rings. The summed E-state index contributed by atoms with van der Waals surface area (Å²) in [6.45, 7) is 1.49. The van der Waals surface area contributed by atoms with E-state index in [0.29, 0.717) is 26.2 Å². The number of benzene rings is 1. The van der Waals surface area contributed by atoms with Crippen LogP contribution < -0.4 is 0 Å². The van der Waals surface area contributed by atoms with E-state index in [0.717, 1.165) is 24.3 Å². The summed E-state index contributed by atoms with van der Waals surface area (Å²) in [4.78, 5) is 26.0. The Hall–Kier alpha value is -2.09. The molecule has 2 rings (SSSR count). The first-order valence-electron chi connectivity index (χ1n) is 6.68. The monoisotopic (exact) mass is 316 g/mol. The van der Waals surface area contributed by atoms with Crippen molar-refractivity contribution in [3.63, 3.8) is 0 Å². The molecule has 0 atom stereocenters. The average molecular weight is 316 g/mol. The molecule has 0 unspecified atom stereocenters. The number of carboxylic acids is 1. The standard InChI is InChI=1S/C14H15F3N2O3/c15-14(16,17)11-3-1-10(2-4-11)13(22)19-7-5-18(6-8-19)9-12(20)21/h1-4H,5-9H2,(H,20,21). The molecule has 120 valence electrons. The minimum atomic E-state index is -4.43. The molecule has 0 spiro atoms. The highest BCUT2D eigenvalue weighted by Gasteiger charge is 2.30. The molecule has 1 heterocycles. The van der Waals surface area contributed by atoms with Crippen LogP contribution in [0.1, 0.15) is 15.9 Å². The highest BCUT2D eigenvalue weighted by Crippen LogP contribution is 2.29.